The largest absolute Gasteiger partial charge is 0.497 e. The molecule has 6 nitrogen and oxygen atoms in total. The summed E-state index contributed by atoms with van der Waals surface area (Å²) in [6, 6.07) is 24.1. The smallest absolute Gasteiger partial charge is 0.321 e. The molecule has 0 radical (unpaired) electrons. The molecule has 1 heterocycles. The van der Waals surface area contributed by atoms with Gasteiger partial charge in [-0.05, 0) is 54.1 Å². The molecule has 0 fully saturated rings. The molecule has 6 heteroatoms. The summed E-state index contributed by atoms with van der Waals surface area (Å²) in [5, 5.41) is 2.87. The summed E-state index contributed by atoms with van der Waals surface area (Å²) >= 11 is 0. The van der Waals surface area contributed by atoms with Gasteiger partial charge in [0, 0.05) is 29.2 Å². The first-order chi connectivity index (χ1) is 14.7. The fourth-order valence-electron chi connectivity index (χ4n) is 2.81. The lowest BCUT2D eigenvalue weighted by molar-refractivity contribution is 0.102. The summed E-state index contributed by atoms with van der Waals surface area (Å²) in [6.45, 7) is 0. The van der Waals surface area contributed by atoms with E-state index in [1.807, 2.05) is 42.5 Å². The van der Waals surface area contributed by atoms with Crippen LogP contribution in [0.5, 0.6) is 17.5 Å². The van der Waals surface area contributed by atoms with Gasteiger partial charge in [0.15, 0.2) is 0 Å². The van der Waals surface area contributed by atoms with Crippen LogP contribution in [0.4, 0.5) is 5.69 Å². The van der Waals surface area contributed by atoms with Crippen molar-refractivity contribution in [2.45, 2.75) is 0 Å². The van der Waals surface area contributed by atoms with Crippen molar-refractivity contribution in [3.05, 3.63) is 96.8 Å². The van der Waals surface area contributed by atoms with Gasteiger partial charge in [-0.3, -0.25) is 4.79 Å². The van der Waals surface area contributed by atoms with E-state index in [4.69, 9.17) is 9.47 Å². The maximum absolute atomic E-state index is 12.4. The zero-order chi connectivity index (χ0) is 20.8. The Labute approximate surface area is 174 Å². The van der Waals surface area contributed by atoms with Crippen molar-refractivity contribution in [1.29, 1.82) is 0 Å². The van der Waals surface area contributed by atoms with E-state index in [0.29, 0.717) is 11.3 Å². The summed E-state index contributed by atoms with van der Waals surface area (Å²) in [4.78, 5) is 20.9. The van der Waals surface area contributed by atoms with E-state index in [9.17, 15) is 4.79 Å². The summed E-state index contributed by atoms with van der Waals surface area (Å²) < 4.78 is 10.8. The molecular formula is C24H19N3O3. The molecule has 3 aromatic carbocycles. The number of hydrogen-bond donors (Lipinski definition) is 1. The first kappa shape index (κ1) is 19.1. The van der Waals surface area contributed by atoms with Crippen LogP contribution in [0.25, 0.3) is 11.1 Å². The Hall–Kier alpha value is -4.19. The third-order valence-corrected chi connectivity index (χ3v) is 4.41. The fourth-order valence-corrected chi connectivity index (χ4v) is 2.81. The molecule has 0 saturated heterocycles. The predicted octanol–water partition coefficient (Wildman–Crippen LogP) is 5.20. The average Bonchev–Trinajstić information content (AvgIpc) is 2.81. The molecule has 0 aliphatic carbocycles. The molecule has 0 aliphatic rings. The summed E-state index contributed by atoms with van der Waals surface area (Å²) in [5.74, 6) is 1.21. The van der Waals surface area contributed by atoms with Crippen LogP contribution in [0.2, 0.25) is 0 Å². The number of anilines is 1. The van der Waals surface area contributed by atoms with Gasteiger partial charge in [-0.25, -0.2) is 9.97 Å². The van der Waals surface area contributed by atoms with Gasteiger partial charge in [-0.2, -0.15) is 0 Å². The molecule has 0 atom stereocenters. The standard InChI is InChI=1S/C24H19N3O3/c1-29-21-11-13-22(14-12-21)30-24-25-15-19(16-26-24)17-7-9-18(10-8-17)23(28)27-20-5-3-2-4-6-20/h2-16H,1H3,(H,27,28). The van der Waals surface area contributed by atoms with E-state index < -0.39 is 0 Å². The Kier molecular flexibility index (Phi) is 5.66. The molecule has 0 spiro atoms. The van der Waals surface area contributed by atoms with Crippen LogP contribution in [0.3, 0.4) is 0 Å². The lowest BCUT2D eigenvalue weighted by Crippen LogP contribution is -2.11. The van der Waals surface area contributed by atoms with Crippen LogP contribution in [0.1, 0.15) is 10.4 Å². The maximum Gasteiger partial charge on any atom is 0.321 e. The minimum absolute atomic E-state index is 0.160. The zero-order valence-corrected chi connectivity index (χ0v) is 16.3. The van der Waals surface area contributed by atoms with Gasteiger partial charge in [0.2, 0.25) is 0 Å². The second-order valence-electron chi connectivity index (χ2n) is 6.43. The van der Waals surface area contributed by atoms with Crippen molar-refractivity contribution in [3.8, 4) is 28.6 Å². The van der Waals surface area contributed by atoms with Crippen molar-refractivity contribution in [2.24, 2.45) is 0 Å². The number of carbonyl (C=O) groups is 1. The summed E-state index contributed by atoms with van der Waals surface area (Å²) in [7, 11) is 1.61. The number of nitrogens with one attached hydrogen (secondary N) is 1. The minimum Gasteiger partial charge on any atom is -0.497 e. The number of hydrogen-bond acceptors (Lipinski definition) is 5. The lowest BCUT2D eigenvalue weighted by Gasteiger charge is -2.07. The molecule has 1 N–H and O–H groups in total. The quantitative estimate of drug-likeness (QED) is 0.484. The van der Waals surface area contributed by atoms with E-state index in [2.05, 4.69) is 15.3 Å². The molecule has 148 valence electrons. The van der Waals surface area contributed by atoms with E-state index in [1.165, 1.54) is 0 Å². The molecular weight excluding hydrogens is 378 g/mol. The SMILES string of the molecule is COc1ccc(Oc2ncc(-c3ccc(C(=O)Nc4ccccc4)cc3)cn2)cc1. The predicted molar refractivity (Wildman–Crippen MR) is 115 cm³/mol. The number of carbonyl (C=O) groups excluding carboxylic acids is 1. The normalized spacial score (nSPS) is 10.3. The lowest BCUT2D eigenvalue weighted by atomic mass is 10.1. The second kappa shape index (κ2) is 8.87. The van der Waals surface area contributed by atoms with Crippen LogP contribution >= 0.6 is 0 Å². The van der Waals surface area contributed by atoms with Gasteiger partial charge in [0.1, 0.15) is 11.5 Å². The number of rotatable bonds is 6. The van der Waals surface area contributed by atoms with Gasteiger partial charge in [0.05, 0.1) is 7.11 Å². The highest BCUT2D eigenvalue weighted by Crippen LogP contribution is 2.23. The number of nitrogens with zero attached hydrogens (tertiary/aromatic N) is 2. The number of ether oxygens (including phenoxy) is 2. The highest BCUT2D eigenvalue weighted by molar-refractivity contribution is 6.04. The highest BCUT2D eigenvalue weighted by Gasteiger charge is 2.08. The van der Waals surface area contributed by atoms with Gasteiger partial charge in [-0.15, -0.1) is 0 Å². The van der Waals surface area contributed by atoms with Gasteiger partial charge < -0.3 is 14.8 Å². The van der Waals surface area contributed by atoms with E-state index in [0.717, 1.165) is 22.6 Å². The first-order valence-electron chi connectivity index (χ1n) is 9.32. The van der Waals surface area contributed by atoms with Crippen molar-refractivity contribution in [3.63, 3.8) is 0 Å². The van der Waals surface area contributed by atoms with E-state index in [-0.39, 0.29) is 11.9 Å². The summed E-state index contributed by atoms with van der Waals surface area (Å²) in [6.07, 6.45) is 3.37. The maximum atomic E-state index is 12.4. The third-order valence-electron chi connectivity index (χ3n) is 4.41. The van der Waals surface area contributed by atoms with Gasteiger partial charge in [-0.1, -0.05) is 30.3 Å². The molecule has 30 heavy (non-hydrogen) atoms. The van der Waals surface area contributed by atoms with Crippen LogP contribution in [0, 0.1) is 0 Å². The van der Waals surface area contributed by atoms with E-state index in [1.54, 1.807) is 55.9 Å². The third kappa shape index (κ3) is 4.62. The molecule has 0 unspecified atom stereocenters. The zero-order valence-electron chi connectivity index (χ0n) is 16.3. The highest BCUT2D eigenvalue weighted by atomic mass is 16.5. The Morgan fingerprint density at radius 2 is 1.40 bits per heavy atom. The topological polar surface area (TPSA) is 73.3 Å². The van der Waals surface area contributed by atoms with Gasteiger partial charge >= 0.3 is 6.01 Å². The average molecular weight is 397 g/mol. The Morgan fingerprint density at radius 1 is 0.767 bits per heavy atom. The number of aromatic nitrogens is 2. The first-order valence-corrected chi connectivity index (χ1v) is 9.32. The molecule has 1 amide bonds. The Morgan fingerprint density at radius 3 is 2.03 bits per heavy atom. The molecule has 0 bridgehead atoms. The molecule has 0 saturated carbocycles. The van der Waals surface area contributed by atoms with Crippen molar-refractivity contribution >= 4 is 11.6 Å². The molecule has 1 aromatic heterocycles. The Balaban J connectivity index is 1.42. The number of para-hydroxylation sites is 1. The van der Waals surface area contributed by atoms with Crippen molar-refractivity contribution in [1.82, 2.24) is 9.97 Å². The van der Waals surface area contributed by atoms with Crippen LogP contribution in [0.15, 0.2) is 91.3 Å². The number of amides is 1. The number of methoxy groups -OCH3 is 1. The van der Waals surface area contributed by atoms with Crippen molar-refractivity contribution < 1.29 is 14.3 Å². The minimum atomic E-state index is -0.160. The van der Waals surface area contributed by atoms with Gasteiger partial charge in [0.25, 0.3) is 5.91 Å². The summed E-state index contributed by atoms with van der Waals surface area (Å²) in [5.41, 5.74) is 3.06. The number of benzene rings is 3. The van der Waals surface area contributed by atoms with Crippen LogP contribution < -0.4 is 14.8 Å². The second-order valence-corrected chi connectivity index (χ2v) is 6.43. The Bertz CT molecular complexity index is 1110. The van der Waals surface area contributed by atoms with Crippen molar-refractivity contribution in [2.75, 3.05) is 12.4 Å². The van der Waals surface area contributed by atoms with Crippen LogP contribution in [-0.4, -0.2) is 23.0 Å². The van der Waals surface area contributed by atoms with Crippen LogP contribution in [-0.2, 0) is 0 Å². The molecule has 4 aromatic rings. The molecule has 0 aliphatic heterocycles. The van der Waals surface area contributed by atoms with E-state index >= 15 is 0 Å². The molecule has 4 rings (SSSR count). The fraction of sp³-hybridized carbons (Fsp3) is 0.0417. The monoisotopic (exact) mass is 397 g/mol.